The third-order valence-electron chi connectivity index (χ3n) is 4.93. The van der Waals surface area contributed by atoms with Gasteiger partial charge in [0, 0.05) is 37.8 Å². The van der Waals surface area contributed by atoms with E-state index in [9.17, 15) is 9.18 Å². The van der Waals surface area contributed by atoms with Crippen molar-refractivity contribution in [2.45, 2.75) is 50.9 Å². The Morgan fingerprint density at radius 2 is 2.10 bits per heavy atom. The van der Waals surface area contributed by atoms with E-state index in [0.717, 1.165) is 24.5 Å². The lowest BCUT2D eigenvalue weighted by atomic mass is 9.89. The molecule has 2 fully saturated rings. The van der Waals surface area contributed by atoms with Crippen LogP contribution < -0.4 is 0 Å². The fourth-order valence-corrected chi connectivity index (χ4v) is 3.59. The minimum Gasteiger partial charge on any atom is -0.342 e. The predicted octanol–water partition coefficient (Wildman–Crippen LogP) is 2.38. The maximum atomic E-state index is 13.2. The highest BCUT2D eigenvalue weighted by Gasteiger charge is 2.37. The second-order valence-corrected chi connectivity index (χ2v) is 6.36. The number of aromatic nitrogens is 3. The first-order valence-electron chi connectivity index (χ1n) is 7.92. The number of alkyl halides is 1. The molecule has 2 heterocycles. The normalized spacial score (nSPS) is 27.2. The van der Waals surface area contributed by atoms with Crippen LogP contribution in [0.5, 0.6) is 0 Å². The molecule has 0 radical (unpaired) electrons. The molecular formula is C15H23FN4O. The second kappa shape index (κ2) is 6.12. The number of halogens is 1. The Bertz CT molecular complexity index is 498. The summed E-state index contributed by atoms with van der Waals surface area (Å²) in [5.41, 5.74) is 0. The molecule has 1 aromatic rings. The van der Waals surface area contributed by atoms with E-state index in [4.69, 9.17) is 0 Å². The summed E-state index contributed by atoms with van der Waals surface area (Å²) in [6.07, 6.45) is 6.07. The maximum absolute atomic E-state index is 13.2. The van der Waals surface area contributed by atoms with E-state index in [1.807, 2.05) is 0 Å². The van der Waals surface area contributed by atoms with Crippen LogP contribution in [0.2, 0.25) is 0 Å². The number of hydrogen-bond acceptors (Lipinski definition) is 3. The summed E-state index contributed by atoms with van der Waals surface area (Å²) in [6, 6.07) is 0. The largest absolute Gasteiger partial charge is 0.342 e. The van der Waals surface area contributed by atoms with Crippen LogP contribution in [-0.2, 0) is 4.79 Å². The summed E-state index contributed by atoms with van der Waals surface area (Å²) in [6.45, 7) is 2.14. The van der Waals surface area contributed by atoms with Gasteiger partial charge in [-0.3, -0.25) is 14.3 Å². The molecule has 21 heavy (non-hydrogen) atoms. The molecule has 0 bridgehead atoms. The molecule has 1 aliphatic carbocycles. The van der Waals surface area contributed by atoms with E-state index in [2.05, 4.69) is 15.2 Å². The van der Waals surface area contributed by atoms with Crippen LogP contribution >= 0.6 is 0 Å². The summed E-state index contributed by atoms with van der Waals surface area (Å²) in [5, 5.41) is 7.36. The van der Waals surface area contributed by atoms with Gasteiger partial charge >= 0.3 is 0 Å². The van der Waals surface area contributed by atoms with Gasteiger partial charge in [-0.15, -0.1) is 0 Å². The highest BCUT2D eigenvalue weighted by Crippen LogP contribution is 2.34. The number of aromatic amines is 1. The highest BCUT2D eigenvalue weighted by atomic mass is 19.1. The van der Waals surface area contributed by atoms with Crippen LogP contribution in [0.3, 0.4) is 0 Å². The average Bonchev–Trinajstić information content (AvgIpc) is 3.14. The van der Waals surface area contributed by atoms with E-state index in [1.54, 1.807) is 4.90 Å². The molecule has 1 saturated carbocycles. The van der Waals surface area contributed by atoms with Crippen molar-refractivity contribution in [1.82, 2.24) is 20.1 Å². The van der Waals surface area contributed by atoms with Gasteiger partial charge in [-0.05, 0) is 12.8 Å². The number of amides is 1. The van der Waals surface area contributed by atoms with Crippen molar-refractivity contribution in [2.75, 3.05) is 19.8 Å². The van der Waals surface area contributed by atoms with E-state index in [-0.39, 0.29) is 17.7 Å². The number of carbonyl (C=O) groups is 1. The molecule has 5 nitrogen and oxygen atoms in total. The third kappa shape index (κ3) is 2.94. The Labute approximate surface area is 124 Å². The fourth-order valence-electron chi connectivity index (χ4n) is 3.59. The molecule has 1 aliphatic heterocycles. The zero-order valence-electron chi connectivity index (χ0n) is 12.5. The second-order valence-electron chi connectivity index (χ2n) is 6.36. The lowest BCUT2D eigenvalue weighted by molar-refractivity contribution is -0.127. The van der Waals surface area contributed by atoms with E-state index in [1.165, 1.54) is 26.2 Å². The first-order chi connectivity index (χ1) is 10.2. The zero-order chi connectivity index (χ0) is 14.8. The lowest BCUT2D eigenvalue weighted by Gasteiger charge is -2.18. The number of rotatable bonds is 3. The third-order valence-corrected chi connectivity index (χ3v) is 4.93. The summed E-state index contributed by atoms with van der Waals surface area (Å²) < 4.78 is 13.2. The number of carbonyl (C=O) groups excluding carboxylic acids is 1. The zero-order valence-corrected chi connectivity index (χ0v) is 12.5. The van der Waals surface area contributed by atoms with E-state index < -0.39 is 6.67 Å². The molecule has 0 spiro atoms. The average molecular weight is 294 g/mol. The van der Waals surface area contributed by atoms with E-state index >= 15 is 0 Å². The molecule has 1 aromatic heterocycles. The summed E-state index contributed by atoms with van der Waals surface area (Å²) in [4.78, 5) is 17.8. The van der Waals surface area contributed by atoms with Crippen LogP contribution in [0.1, 0.15) is 62.5 Å². The Hall–Kier alpha value is -1.46. The van der Waals surface area contributed by atoms with Gasteiger partial charge in [-0.1, -0.05) is 19.3 Å². The van der Waals surface area contributed by atoms with Crippen molar-refractivity contribution in [3.63, 3.8) is 0 Å². The Morgan fingerprint density at radius 3 is 2.76 bits per heavy atom. The molecule has 3 rings (SSSR count). The van der Waals surface area contributed by atoms with Gasteiger partial charge in [0.05, 0.1) is 6.67 Å². The maximum Gasteiger partial charge on any atom is 0.219 e. The summed E-state index contributed by atoms with van der Waals surface area (Å²) >= 11 is 0. The first-order valence-corrected chi connectivity index (χ1v) is 7.92. The summed E-state index contributed by atoms with van der Waals surface area (Å²) in [7, 11) is 0. The topological polar surface area (TPSA) is 61.9 Å². The van der Waals surface area contributed by atoms with Crippen LogP contribution in [0.15, 0.2) is 0 Å². The molecule has 1 saturated heterocycles. The van der Waals surface area contributed by atoms with Gasteiger partial charge in [0.15, 0.2) is 5.82 Å². The molecule has 2 atom stereocenters. The van der Waals surface area contributed by atoms with Crippen molar-refractivity contribution in [3.8, 4) is 0 Å². The first kappa shape index (κ1) is 14.5. The highest BCUT2D eigenvalue weighted by molar-refractivity contribution is 5.73. The van der Waals surface area contributed by atoms with Crippen molar-refractivity contribution in [2.24, 2.45) is 5.92 Å². The SMILES string of the molecule is CC(=O)N1C[C@@H](CF)[C@H](c2nc(C3CCCCC3)n[nH]2)C1. The van der Waals surface area contributed by atoms with Crippen molar-refractivity contribution >= 4 is 5.91 Å². The van der Waals surface area contributed by atoms with Crippen molar-refractivity contribution < 1.29 is 9.18 Å². The van der Waals surface area contributed by atoms with Crippen molar-refractivity contribution in [1.29, 1.82) is 0 Å². The monoisotopic (exact) mass is 294 g/mol. The molecule has 1 amide bonds. The molecule has 0 unspecified atom stereocenters. The fraction of sp³-hybridized carbons (Fsp3) is 0.800. The number of hydrogen-bond donors (Lipinski definition) is 1. The Kier molecular flexibility index (Phi) is 4.22. The quantitative estimate of drug-likeness (QED) is 0.931. The Balaban J connectivity index is 1.74. The molecule has 2 aliphatic rings. The number of H-pyrrole nitrogens is 1. The van der Waals surface area contributed by atoms with Crippen LogP contribution in [0, 0.1) is 5.92 Å². The van der Waals surface area contributed by atoms with Gasteiger partial charge in [-0.2, -0.15) is 5.10 Å². The number of nitrogens with zero attached hydrogens (tertiary/aromatic N) is 3. The number of nitrogens with one attached hydrogen (secondary N) is 1. The van der Waals surface area contributed by atoms with Crippen LogP contribution in [0.25, 0.3) is 0 Å². The molecule has 116 valence electrons. The molecule has 6 heteroatoms. The van der Waals surface area contributed by atoms with E-state index in [0.29, 0.717) is 19.0 Å². The van der Waals surface area contributed by atoms with Gasteiger partial charge in [0.2, 0.25) is 5.91 Å². The smallest absolute Gasteiger partial charge is 0.219 e. The standard InChI is InChI=1S/C15H23FN4O/c1-10(21)20-8-12(7-16)13(9-20)15-17-14(18-19-15)11-5-3-2-4-6-11/h11-13H,2-9H2,1H3,(H,17,18,19)/t12-,13-/m1/s1. The van der Waals surface area contributed by atoms with Gasteiger partial charge in [0.1, 0.15) is 5.82 Å². The Morgan fingerprint density at radius 1 is 1.33 bits per heavy atom. The molecule has 0 aromatic carbocycles. The minimum atomic E-state index is -0.423. The van der Waals surface area contributed by atoms with Gasteiger partial charge < -0.3 is 4.90 Å². The predicted molar refractivity (Wildman–Crippen MR) is 76.7 cm³/mol. The number of likely N-dealkylation sites (tertiary alicyclic amines) is 1. The minimum absolute atomic E-state index is 0.00275. The van der Waals surface area contributed by atoms with Gasteiger partial charge in [0.25, 0.3) is 0 Å². The lowest BCUT2D eigenvalue weighted by Crippen LogP contribution is -2.26. The van der Waals surface area contributed by atoms with Crippen molar-refractivity contribution in [3.05, 3.63) is 11.6 Å². The molecule has 1 N–H and O–H groups in total. The molecular weight excluding hydrogens is 271 g/mol. The van der Waals surface area contributed by atoms with Gasteiger partial charge in [-0.25, -0.2) is 4.98 Å². The van der Waals surface area contributed by atoms with Crippen LogP contribution in [-0.4, -0.2) is 45.8 Å². The summed E-state index contributed by atoms with van der Waals surface area (Å²) in [5.74, 6) is 1.86. The van der Waals surface area contributed by atoms with Crippen LogP contribution in [0.4, 0.5) is 4.39 Å².